The van der Waals surface area contributed by atoms with Gasteiger partial charge in [0.05, 0.1) is 17.6 Å². The fourth-order valence-corrected chi connectivity index (χ4v) is 3.97. The van der Waals surface area contributed by atoms with Gasteiger partial charge in [-0.2, -0.15) is 0 Å². The second kappa shape index (κ2) is 8.73. The van der Waals surface area contributed by atoms with Crippen molar-refractivity contribution in [1.82, 2.24) is 14.9 Å². The third-order valence-electron chi connectivity index (χ3n) is 4.54. The average molecular weight is 340 g/mol. The van der Waals surface area contributed by atoms with Crippen LogP contribution in [0.1, 0.15) is 50.4 Å². The minimum absolute atomic E-state index is 0.124. The van der Waals surface area contributed by atoms with E-state index >= 15 is 0 Å². The minimum Gasteiger partial charge on any atom is -0.383 e. The maximum Gasteiger partial charge on any atom is 0.233 e. The number of methoxy groups -OCH3 is 1. The number of aryl methyl sites for hydroxylation is 1. The van der Waals surface area contributed by atoms with Gasteiger partial charge in [-0.3, -0.25) is 4.79 Å². The second-order valence-corrected chi connectivity index (χ2v) is 7.62. The number of aromatic nitrogens is 2. The first-order valence-electron chi connectivity index (χ1n) is 8.52. The van der Waals surface area contributed by atoms with Crippen LogP contribution in [0.5, 0.6) is 0 Å². The number of imidazole rings is 1. The first-order chi connectivity index (χ1) is 11.0. The van der Waals surface area contributed by atoms with Crippen molar-refractivity contribution in [2.75, 3.05) is 13.7 Å². The molecule has 23 heavy (non-hydrogen) atoms. The number of hydrogen-bond acceptors (Lipinski definition) is 4. The van der Waals surface area contributed by atoms with Gasteiger partial charge in [0.1, 0.15) is 0 Å². The average Bonchev–Trinajstić information content (AvgIpc) is 2.80. The summed E-state index contributed by atoms with van der Waals surface area (Å²) in [6.45, 7) is 7.45. The van der Waals surface area contributed by atoms with E-state index in [1.165, 1.54) is 31.0 Å². The second-order valence-electron chi connectivity index (χ2n) is 6.31. The normalized spacial score (nSPS) is 17.2. The Bertz CT molecular complexity index is 524. The standard InChI is InChI=1S/C17H29N3O2S/c1-12-13(2)20(10-11-22-4)17(18-12)23-14(3)16(21)19-15-8-6-5-7-9-15/h14-15H,5-11H2,1-4H3,(H,19,21). The largest absolute Gasteiger partial charge is 0.383 e. The molecule has 0 radical (unpaired) electrons. The van der Waals surface area contributed by atoms with Gasteiger partial charge in [-0.05, 0) is 33.6 Å². The Morgan fingerprint density at radius 2 is 2.09 bits per heavy atom. The highest BCUT2D eigenvalue weighted by Crippen LogP contribution is 2.26. The van der Waals surface area contributed by atoms with Gasteiger partial charge in [-0.1, -0.05) is 31.0 Å². The third-order valence-corrected chi connectivity index (χ3v) is 5.63. The molecule has 1 amide bonds. The lowest BCUT2D eigenvalue weighted by atomic mass is 9.95. The predicted octanol–water partition coefficient (Wildman–Crippen LogP) is 3.08. The minimum atomic E-state index is -0.139. The van der Waals surface area contributed by atoms with Crippen LogP contribution >= 0.6 is 11.8 Å². The van der Waals surface area contributed by atoms with Crippen LogP contribution in [0.4, 0.5) is 0 Å². The Labute approximate surface area is 143 Å². The lowest BCUT2D eigenvalue weighted by Gasteiger charge is -2.24. The molecule has 6 heteroatoms. The van der Waals surface area contributed by atoms with Crippen LogP contribution in [-0.4, -0.2) is 40.5 Å². The fraction of sp³-hybridized carbons (Fsp3) is 0.765. The summed E-state index contributed by atoms with van der Waals surface area (Å²) in [5.41, 5.74) is 2.16. The van der Waals surface area contributed by atoms with Crippen molar-refractivity contribution in [3.63, 3.8) is 0 Å². The monoisotopic (exact) mass is 339 g/mol. The molecule has 1 aliphatic rings. The molecule has 0 aliphatic heterocycles. The van der Waals surface area contributed by atoms with Gasteiger partial charge in [0, 0.05) is 25.4 Å². The Hall–Kier alpha value is -1.01. The Kier molecular flexibility index (Phi) is 6.96. The summed E-state index contributed by atoms with van der Waals surface area (Å²) >= 11 is 1.54. The maximum absolute atomic E-state index is 12.4. The lowest BCUT2D eigenvalue weighted by molar-refractivity contribution is -0.121. The lowest BCUT2D eigenvalue weighted by Crippen LogP contribution is -2.40. The van der Waals surface area contributed by atoms with E-state index in [9.17, 15) is 4.79 Å². The molecule has 1 atom stereocenters. The molecule has 0 bridgehead atoms. The van der Waals surface area contributed by atoms with Crippen molar-refractivity contribution in [3.8, 4) is 0 Å². The van der Waals surface area contributed by atoms with Crippen LogP contribution in [0.15, 0.2) is 5.16 Å². The number of nitrogens with zero attached hydrogens (tertiary/aromatic N) is 2. The molecule has 1 saturated carbocycles. The van der Waals surface area contributed by atoms with Crippen LogP contribution in [0.2, 0.25) is 0 Å². The highest BCUT2D eigenvalue weighted by Gasteiger charge is 2.22. The molecule has 0 aromatic carbocycles. The van der Waals surface area contributed by atoms with Crippen LogP contribution < -0.4 is 5.32 Å². The van der Waals surface area contributed by atoms with Gasteiger partial charge in [0.2, 0.25) is 5.91 Å². The third kappa shape index (κ3) is 4.98. The molecule has 130 valence electrons. The Morgan fingerprint density at radius 3 is 2.74 bits per heavy atom. The molecular weight excluding hydrogens is 310 g/mol. The Balaban J connectivity index is 1.97. The highest BCUT2D eigenvalue weighted by atomic mass is 32.2. The summed E-state index contributed by atoms with van der Waals surface area (Å²) in [4.78, 5) is 17.1. The van der Waals surface area contributed by atoms with E-state index in [2.05, 4.69) is 21.8 Å². The molecule has 1 unspecified atom stereocenters. The van der Waals surface area contributed by atoms with Crippen molar-refractivity contribution in [2.45, 2.75) is 75.9 Å². The van der Waals surface area contributed by atoms with Crippen molar-refractivity contribution >= 4 is 17.7 Å². The summed E-state index contributed by atoms with van der Waals surface area (Å²) in [7, 11) is 1.70. The van der Waals surface area contributed by atoms with Gasteiger partial charge in [0.25, 0.3) is 0 Å². The predicted molar refractivity (Wildman–Crippen MR) is 93.9 cm³/mol. The molecule has 1 N–H and O–H groups in total. The summed E-state index contributed by atoms with van der Waals surface area (Å²) in [5.74, 6) is 0.124. The van der Waals surface area contributed by atoms with Gasteiger partial charge in [-0.25, -0.2) is 4.98 Å². The van der Waals surface area contributed by atoms with E-state index in [1.54, 1.807) is 7.11 Å². The van der Waals surface area contributed by atoms with Gasteiger partial charge < -0.3 is 14.6 Å². The number of carbonyl (C=O) groups is 1. The first kappa shape index (κ1) is 18.3. The number of nitrogens with one attached hydrogen (secondary N) is 1. The summed E-state index contributed by atoms with van der Waals surface area (Å²) in [5, 5.41) is 3.97. The summed E-state index contributed by atoms with van der Waals surface area (Å²) in [6, 6.07) is 0.357. The zero-order valence-electron chi connectivity index (χ0n) is 14.7. The van der Waals surface area contributed by atoms with Crippen LogP contribution in [0.3, 0.4) is 0 Å². The van der Waals surface area contributed by atoms with E-state index in [4.69, 9.17) is 4.74 Å². The SMILES string of the molecule is COCCn1c(SC(C)C(=O)NC2CCCCC2)nc(C)c1C. The molecule has 0 saturated heterocycles. The zero-order chi connectivity index (χ0) is 16.8. The highest BCUT2D eigenvalue weighted by molar-refractivity contribution is 8.00. The van der Waals surface area contributed by atoms with Crippen LogP contribution in [0, 0.1) is 13.8 Å². The Morgan fingerprint density at radius 1 is 1.39 bits per heavy atom. The molecular formula is C17H29N3O2S. The quantitative estimate of drug-likeness (QED) is 0.776. The van der Waals surface area contributed by atoms with Crippen LogP contribution in [-0.2, 0) is 16.1 Å². The molecule has 1 aromatic rings. The summed E-state index contributed by atoms with van der Waals surface area (Å²) in [6.07, 6.45) is 5.98. The number of amides is 1. The van der Waals surface area contributed by atoms with Crippen LogP contribution in [0.25, 0.3) is 0 Å². The smallest absolute Gasteiger partial charge is 0.233 e. The van der Waals surface area contributed by atoms with Gasteiger partial charge in [0.15, 0.2) is 5.16 Å². The fourth-order valence-electron chi connectivity index (χ4n) is 2.94. The number of hydrogen-bond donors (Lipinski definition) is 1. The number of ether oxygens (including phenoxy) is 1. The van der Waals surface area contributed by atoms with Crippen molar-refractivity contribution in [1.29, 1.82) is 0 Å². The topological polar surface area (TPSA) is 56.1 Å². The number of rotatable bonds is 7. The van der Waals surface area contributed by atoms with Crippen molar-refractivity contribution < 1.29 is 9.53 Å². The van der Waals surface area contributed by atoms with E-state index < -0.39 is 0 Å². The maximum atomic E-state index is 12.4. The number of thioether (sulfide) groups is 1. The van der Waals surface area contributed by atoms with E-state index in [0.29, 0.717) is 12.6 Å². The molecule has 2 rings (SSSR count). The van der Waals surface area contributed by atoms with Crippen molar-refractivity contribution in [2.24, 2.45) is 0 Å². The van der Waals surface area contributed by atoms with Gasteiger partial charge in [-0.15, -0.1) is 0 Å². The number of carbonyl (C=O) groups excluding carboxylic acids is 1. The summed E-state index contributed by atoms with van der Waals surface area (Å²) < 4.78 is 7.33. The molecule has 1 aromatic heterocycles. The molecule has 1 fully saturated rings. The zero-order valence-corrected chi connectivity index (χ0v) is 15.5. The van der Waals surface area contributed by atoms with Gasteiger partial charge >= 0.3 is 0 Å². The molecule has 1 aliphatic carbocycles. The van der Waals surface area contributed by atoms with E-state index in [0.717, 1.165) is 35.9 Å². The first-order valence-corrected chi connectivity index (χ1v) is 9.40. The molecule has 0 spiro atoms. The van der Waals surface area contributed by atoms with E-state index in [1.807, 2.05) is 13.8 Å². The molecule has 1 heterocycles. The molecule has 5 nitrogen and oxygen atoms in total. The van der Waals surface area contributed by atoms with E-state index in [-0.39, 0.29) is 11.2 Å². The van der Waals surface area contributed by atoms with Crippen molar-refractivity contribution in [3.05, 3.63) is 11.4 Å².